The quantitative estimate of drug-likeness (QED) is 0.904. The van der Waals surface area contributed by atoms with E-state index in [1.807, 2.05) is 13.0 Å². The van der Waals surface area contributed by atoms with Gasteiger partial charge in [0.25, 0.3) is 10.0 Å². The number of amides is 1. The van der Waals surface area contributed by atoms with Crippen molar-refractivity contribution in [1.29, 1.82) is 0 Å². The summed E-state index contributed by atoms with van der Waals surface area (Å²) in [6.45, 7) is 3.51. The lowest BCUT2D eigenvalue weighted by Gasteiger charge is -2.10. The molecule has 1 amide bonds. The van der Waals surface area contributed by atoms with Crippen LogP contribution in [0.25, 0.3) is 0 Å². The number of hydrogen-bond acceptors (Lipinski definition) is 4. The van der Waals surface area contributed by atoms with Gasteiger partial charge in [-0.1, -0.05) is 12.1 Å². The Hall–Kier alpha value is -2.15. The van der Waals surface area contributed by atoms with E-state index in [4.69, 9.17) is 0 Å². The van der Waals surface area contributed by atoms with Crippen molar-refractivity contribution in [1.82, 2.24) is 14.5 Å². The van der Waals surface area contributed by atoms with Crippen LogP contribution in [0.1, 0.15) is 23.1 Å². The van der Waals surface area contributed by atoms with Crippen LogP contribution in [0.2, 0.25) is 0 Å². The van der Waals surface area contributed by atoms with Gasteiger partial charge in [0, 0.05) is 19.7 Å². The van der Waals surface area contributed by atoms with Crippen molar-refractivity contribution in [2.45, 2.75) is 31.6 Å². The number of nitrogens with one attached hydrogen (secondary N) is 1. The Labute approximate surface area is 130 Å². The van der Waals surface area contributed by atoms with Crippen molar-refractivity contribution < 1.29 is 13.2 Å². The number of aromatic nitrogens is 2. The Morgan fingerprint density at radius 2 is 2.05 bits per heavy atom. The topological polar surface area (TPSA) is 81.1 Å². The predicted molar refractivity (Wildman–Crippen MR) is 82.8 cm³/mol. The minimum absolute atomic E-state index is 0.0930. The summed E-state index contributed by atoms with van der Waals surface area (Å²) in [5, 5.41) is 4.00. The molecule has 1 N–H and O–H groups in total. The highest BCUT2D eigenvalue weighted by Crippen LogP contribution is 2.16. The summed E-state index contributed by atoms with van der Waals surface area (Å²) in [5.41, 5.74) is 2.33. The smallest absolute Gasteiger partial charge is 0.264 e. The van der Waals surface area contributed by atoms with Crippen LogP contribution in [0.3, 0.4) is 0 Å². The first-order valence-electron chi connectivity index (χ1n) is 6.88. The lowest BCUT2D eigenvalue weighted by atomic mass is 10.2. The molecular weight excluding hydrogens is 302 g/mol. The molecule has 0 saturated carbocycles. The first-order valence-corrected chi connectivity index (χ1v) is 8.36. The van der Waals surface area contributed by atoms with Crippen LogP contribution >= 0.6 is 0 Å². The van der Waals surface area contributed by atoms with E-state index in [1.54, 1.807) is 43.2 Å². The van der Waals surface area contributed by atoms with Crippen molar-refractivity contribution >= 4 is 15.9 Å². The molecule has 0 aliphatic heterocycles. The largest absolute Gasteiger partial charge is 0.276 e. The molecule has 0 saturated heterocycles. The summed E-state index contributed by atoms with van der Waals surface area (Å²) >= 11 is 0. The number of sulfonamides is 1. The van der Waals surface area contributed by atoms with Crippen LogP contribution in [0.5, 0.6) is 0 Å². The van der Waals surface area contributed by atoms with E-state index in [1.165, 1.54) is 0 Å². The second-order valence-corrected chi connectivity index (χ2v) is 6.97. The zero-order valence-electron chi connectivity index (χ0n) is 12.8. The fourth-order valence-corrected chi connectivity index (χ4v) is 3.46. The van der Waals surface area contributed by atoms with E-state index in [0.29, 0.717) is 12.0 Å². The van der Waals surface area contributed by atoms with E-state index >= 15 is 0 Å². The molecule has 7 heteroatoms. The van der Waals surface area contributed by atoms with Crippen LogP contribution in [0.4, 0.5) is 0 Å². The van der Waals surface area contributed by atoms with Crippen LogP contribution in [-0.4, -0.2) is 24.1 Å². The number of carbonyl (C=O) groups is 1. The molecule has 0 aliphatic rings. The lowest BCUT2D eigenvalue weighted by molar-refractivity contribution is -0.119. The van der Waals surface area contributed by atoms with E-state index in [0.717, 1.165) is 11.1 Å². The van der Waals surface area contributed by atoms with Gasteiger partial charge in [-0.15, -0.1) is 0 Å². The summed E-state index contributed by atoms with van der Waals surface area (Å²) in [7, 11) is -2.05. The number of nitrogens with zero attached hydrogens (tertiary/aromatic N) is 2. The number of rotatable bonds is 5. The second-order valence-electron chi connectivity index (χ2n) is 5.32. The molecule has 0 atom stereocenters. The van der Waals surface area contributed by atoms with Gasteiger partial charge in [0.2, 0.25) is 5.91 Å². The summed E-state index contributed by atoms with van der Waals surface area (Å²) in [6.07, 6.45) is 4.00. The molecule has 6 nitrogen and oxygen atoms in total. The van der Waals surface area contributed by atoms with E-state index in [2.05, 4.69) is 9.82 Å². The van der Waals surface area contributed by atoms with Crippen molar-refractivity contribution in [3.63, 3.8) is 0 Å². The average Bonchev–Trinajstić information content (AvgIpc) is 2.84. The molecule has 118 valence electrons. The molecule has 0 bridgehead atoms. The van der Waals surface area contributed by atoms with Crippen LogP contribution in [0.15, 0.2) is 35.5 Å². The highest BCUT2D eigenvalue weighted by molar-refractivity contribution is 7.90. The van der Waals surface area contributed by atoms with Gasteiger partial charge in [0.15, 0.2) is 0 Å². The third-order valence-electron chi connectivity index (χ3n) is 3.28. The molecule has 0 fully saturated rings. The molecule has 0 unspecified atom stereocenters. The van der Waals surface area contributed by atoms with Gasteiger partial charge in [0.1, 0.15) is 0 Å². The molecule has 0 spiro atoms. The molecular formula is C15H19N3O3S. The van der Waals surface area contributed by atoms with E-state index in [9.17, 15) is 13.2 Å². The Kier molecular flexibility index (Phi) is 4.65. The van der Waals surface area contributed by atoms with E-state index < -0.39 is 15.9 Å². The fraction of sp³-hybridized carbons (Fsp3) is 0.333. The molecule has 1 aromatic carbocycles. The van der Waals surface area contributed by atoms with Gasteiger partial charge in [0.05, 0.1) is 11.1 Å². The Morgan fingerprint density at radius 3 is 2.68 bits per heavy atom. The summed E-state index contributed by atoms with van der Waals surface area (Å²) in [4.78, 5) is 12.0. The highest BCUT2D eigenvalue weighted by atomic mass is 32.2. The first-order chi connectivity index (χ1) is 10.3. The standard InChI is InChI=1S/C15H19N3O3S/c1-11-4-5-12(2)14(8-11)22(20,21)17-15(19)7-6-13-9-16-18(3)10-13/h4-5,8-10H,6-7H2,1-3H3,(H,17,19). The molecule has 22 heavy (non-hydrogen) atoms. The van der Waals surface area contributed by atoms with E-state index in [-0.39, 0.29) is 11.3 Å². The molecule has 2 aromatic rings. The van der Waals surface area contributed by atoms with Gasteiger partial charge in [-0.05, 0) is 43.0 Å². The molecule has 0 aliphatic carbocycles. The fourth-order valence-electron chi connectivity index (χ4n) is 2.11. The van der Waals surface area contributed by atoms with Crippen molar-refractivity contribution in [2.75, 3.05) is 0 Å². The van der Waals surface area contributed by atoms with Gasteiger partial charge in [-0.25, -0.2) is 13.1 Å². The zero-order chi connectivity index (χ0) is 16.3. The van der Waals surface area contributed by atoms with Crippen LogP contribution in [-0.2, 0) is 28.3 Å². The molecule has 1 aromatic heterocycles. The van der Waals surface area contributed by atoms with Gasteiger partial charge < -0.3 is 0 Å². The Morgan fingerprint density at radius 1 is 1.32 bits per heavy atom. The second kappa shape index (κ2) is 6.31. The minimum atomic E-state index is -3.83. The summed E-state index contributed by atoms with van der Waals surface area (Å²) < 4.78 is 28.3. The zero-order valence-corrected chi connectivity index (χ0v) is 13.6. The average molecular weight is 321 g/mol. The minimum Gasteiger partial charge on any atom is -0.276 e. The lowest BCUT2D eigenvalue weighted by Crippen LogP contribution is -2.31. The predicted octanol–water partition coefficient (Wildman–Crippen LogP) is 1.47. The first kappa shape index (κ1) is 16.2. The van der Waals surface area contributed by atoms with Crippen LogP contribution in [0, 0.1) is 13.8 Å². The normalized spacial score (nSPS) is 11.4. The Bertz CT molecular complexity index is 794. The van der Waals surface area contributed by atoms with Crippen molar-refractivity contribution in [2.24, 2.45) is 7.05 Å². The number of aryl methyl sites for hydroxylation is 4. The van der Waals surface area contributed by atoms with Gasteiger partial charge in [-0.3, -0.25) is 9.48 Å². The van der Waals surface area contributed by atoms with Gasteiger partial charge in [-0.2, -0.15) is 5.10 Å². The SMILES string of the molecule is Cc1ccc(C)c(S(=O)(=O)NC(=O)CCc2cnn(C)c2)c1. The van der Waals surface area contributed by atoms with Crippen LogP contribution < -0.4 is 4.72 Å². The van der Waals surface area contributed by atoms with Gasteiger partial charge >= 0.3 is 0 Å². The summed E-state index contributed by atoms with van der Waals surface area (Å²) in [6, 6.07) is 5.12. The molecule has 0 radical (unpaired) electrons. The highest BCUT2D eigenvalue weighted by Gasteiger charge is 2.19. The van der Waals surface area contributed by atoms with Crippen molar-refractivity contribution in [3.8, 4) is 0 Å². The maximum absolute atomic E-state index is 12.3. The Balaban J connectivity index is 2.05. The summed E-state index contributed by atoms with van der Waals surface area (Å²) in [5.74, 6) is -0.523. The number of benzene rings is 1. The third-order valence-corrected chi connectivity index (χ3v) is 4.80. The monoisotopic (exact) mass is 321 g/mol. The molecule has 2 rings (SSSR count). The third kappa shape index (κ3) is 3.94. The maximum Gasteiger partial charge on any atom is 0.264 e. The number of hydrogen-bond donors (Lipinski definition) is 1. The number of carbonyl (C=O) groups excluding carboxylic acids is 1. The molecule has 1 heterocycles. The maximum atomic E-state index is 12.3. The van der Waals surface area contributed by atoms with Crippen molar-refractivity contribution in [3.05, 3.63) is 47.3 Å².